The third-order valence-corrected chi connectivity index (χ3v) is 3.41. The lowest BCUT2D eigenvalue weighted by molar-refractivity contribution is 0.0810. The van der Waals surface area contributed by atoms with Gasteiger partial charge in [-0.15, -0.1) is 24.8 Å². The van der Waals surface area contributed by atoms with Gasteiger partial charge in [0.05, 0.1) is 0 Å². The summed E-state index contributed by atoms with van der Waals surface area (Å²) < 4.78 is 0. The summed E-state index contributed by atoms with van der Waals surface area (Å²) in [5.74, 6) is 0. The van der Waals surface area contributed by atoms with E-state index >= 15 is 0 Å². The van der Waals surface area contributed by atoms with Gasteiger partial charge in [0.15, 0.2) is 0 Å². The molecule has 2 aliphatic heterocycles. The Hall–Kier alpha value is 0.500. The second-order valence-corrected chi connectivity index (χ2v) is 4.62. The Morgan fingerprint density at radius 2 is 1.86 bits per heavy atom. The van der Waals surface area contributed by atoms with Crippen LogP contribution in [-0.4, -0.2) is 38.1 Å². The van der Waals surface area contributed by atoms with E-state index in [0.29, 0.717) is 5.41 Å². The maximum atomic E-state index is 3.54. The number of piperidine rings is 2. The molecule has 1 N–H and O–H groups in total. The summed E-state index contributed by atoms with van der Waals surface area (Å²) in [6.07, 6.45) is 5.68. The Morgan fingerprint density at radius 1 is 1.14 bits per heavy atom. The zero-order valence-electron chi connectivity index (χ0n) is 8.92. The predicted octanol–water partition coefficient (Wildman–Crippen LogP) is 1.93. The second kappa shape index (κ2) is 6.16. The van der Waals surface area contributed by atoms with Gasteiger partial charge in [-0.2, -0.15) is 0 Å². The fourth-order valence-electron chi connectivity index (χ4n) is 2.83. The van der Waals surface area contributed by atoms with E-state index < -0.39 is 0 Å². The monoisotopic (exact) mass is 240 g/mol. The maximum absolute atomic E-state index is 3.54. The molecule has 0 saturated carbocycles. The number of hydrogen-bond acceptors (Lipinski definition) is 2. The van der Waals surface area contributed by atoms with E-state index in [9.17, 15) is 0 Å². The Labute approximate surface area is 99.6 Å². The van der Waals surface area contributed by atoms with E-state index in [0.717, 1.165) is 0 Å². The highest BCUT2D eigenvalue weighted by Gasteiger charge is 2.34. The second-order valence-electron chi connectivity index (χ2n) is 4.62. The van der Waals surface area contributed by atoms with Gasteiger partial charge in [0.2, 0.25) is 0 Å². The minimum Gasteiger partial charge on any atom is -0.316 e. The number of hydrogen-bond donors (Lipinski definition) is 1. The lowest BCUT2D eigenvalue weighted by Gasteiger charge is -2.44. The van der Waals surface area contributed by atoms with Gasteiger partial charge < -0.3 is 10.2 Å². The van der Waals surface area contributed by atoms with Gasteiger partial charge >= 0.3 is 0 Å². The van der Waals surface area contributed by atoms with Crippen molar-refractivity contribution >= 4 is 24.8 Å². The summed E-state index contributed by atoms with van der Waals surface area (Å²) >= 11 is 0. The van der Waals surface area contributed by atoms with Crippen molar-refractivity contribution < 1.29 is 0 Å². The van der Waals surface area contributed by atoms with Crippen molar-refractivity contribution in [3.63, 3.8) is 0 Å². The molecule has 2 saturated heterocycles. The average molecular weight is 241 g/mol. The van der Waals surface area contributed by atoms with Crippen LogP contribution in [0.2, 0.25) is 0 Å². The third-order valence-electron chi connectivity index (χ3n) is 3.41. The maximum Gasteiger partial charge on any atom is 0.00471 e. The normalized spacial score (nSPS) is 33.2. The van der Waals surface area contributed by atoms with Crippen LogP contribution in [0.4, 0.5) is 0 Å². The highest BCUT2D eigenvalue weighted by molar-refractivity contribution is 5.85. The molecule has 4 heteroatoms. The molecule has 1 unspecified atom stereocenters. The molecule has 0 aromatic carbocycles. The van der Waals surface area contributed by atoms with E-state index in [1.807, 2.05) is 0 Å². The van der Waals surface area contributed by atoms with E-state index in [4.69, 9.17) is 0 Å². The first-order valence-corrected chi connectivity index (χ1v) is 5.20. The smallest absolute Gasteiger partial charge is 0.00471 e. The fraction of sp³-hybridized carbons (Fsp3) is 1.00. The summed E-state index contributed by atoms with van der Waals surface area (Å²) in [4.78, 5) is 2.50. The zero-order chi connectivity index (χ0) is 8.44. The Bertz CT molecular complexity index is 153. The molecule has 14 heavy (non-hydrogen) atoms. The number of nitrogens with zero attached hydrogens (tertiary/aromatic N) is 1. The van der Waals surface area contributed by atoms with Crippen LogP contribution in [0.15, 0.2) is 0 Å². The highest BCUT2D eigenvalue weighted by Crippen LogP contribution is 2.35. The molecule has 1 spiro atoms. The van der Waals surface area contributed by atoms with Crippen LogP contribution in [0, 0.1) is 5.41 Å². The Morgan fingerprint density at radius 3 is 2.43 bits per heavy atom. The van der Waals surface area contributed by atoms with E-state index in [-0.39, 0.29) is 24.8 Å². The van der Waals surface area contributed by atoms with Gasteiger partial charge in [-0.25, -0.2) is 0 Å². The fourth-order valence-corrected chi connectivity index (χ4v) is 2.83. The number of halogens is 2. The summed E-state index contributed by atoms with van der Waals surface area (Å²) in [5.41, 5.74) is 0.644. The van der Waals surface area contributed by atoms with E-state index in [1.165, 1.54) is 51.9 Å². The third kappa shape index (κ3) is 3.27. The van der Waals surface area contributed by atoms with Crippen LogP contribution in [-0.2, 0) is 0 Å². The molecule has 0 aromatic heterocycles. The Balaban J connectivity index is 0.000000845. The molecule has 2 rings (SSSR count). The lowest BCUT2D eigenvalue weighted by Crippen LogP contribution is -2.49. The van der Waals surface area contributed by atoms with Crippen molar-refractivity contribution in [1.82, 2.24) is 10.2 Å². The molecule has 0 amide bonds. The largest absolute Gasteiger partial charge is 0.316 e. The first-order valence-electron chi connectivity index (χ1n) is 5.20. The van der Waals surface area contributed by atoms with Crippen LogP contribution in [0.3, 0.4) is 0 Å². The molecule has 2 nitrogen and oxygen atoms in total. The minimum absolute atomic E-state index is 0. The summed E-state index contributed by atoms with van der Waals surface area (Å²) in [7, 11) is 2.26. The number of nitrogens with one attached hydrogen (secondary N) is 1. The average Bonchev–Trinajstić information content (AvgIpc) is 2.05. The van der Waals surface area contributed by atoms with Crippen LogP contribution >= 0.6 is 24.8 Å². The van der Waals surface area contributed by atoms with Gasteiger partial charge in [0.1, 0.15) is 0 Å². The molecule has 0 bridgehead atoms. The molecule has 2 heterocycles. The Kier molecular flexibility index (Phi) is 6.38. The van der Waals surface area contributed by atoms with Crippen LogP contribution in [0.25, 0.3) is 0 Å². The molecule has 0 radical (unpaired) electrons. The molecule has 0 aromatic rings. The molecule has 2 aliphatic rings. The van der Waals surface area contributed by atoms with Crippen molar-refractivity contribution in [2.75, 3.05) is 33.2 Å². The van der Waals surface area contributed by atoms with Gasteiger partial charge in [0, 0.05) is 13.1 Å². The summed E-state index contributed by atoms with van der Waals surface area (Å²) in [6, 6.07) is 0. The summed E-state index contributed by atoms with van der Waals surface area (Å²) in [6.45, 7) is 5.13. The molecule has 2 fully saturated rings. The van der Waals surface area contributed by atoms with E-state index in [1.54, 1.807) is 0 Å². The standard InChI is InChI=1S/C10H20N2.2ClH/c1-12-7-3-5-10(9-12)4-2-6-11-8-10;;/h11H,2-9H2,1H3;2*1H. The van der Waals surface area contributed by atoms with Crippen molar-refractivity contribution in [3.05, 3.63) is 0 Å². The van der Waals surface area contributed by atoms with Gasteiger partial charge in [-0.05, 0) is 51.2 Å². The van der Waals surface area contributed by atoms with Crippen LogP contribution in [0.1, 0.15) is 25.7 Å². The van der Waals surface area contributed by atoms with Crippen molar-refractivity contribution in [3.8, 4) is 0 Å². The minimum atomic E-state index is 0. The molecular formula is C10H22Cl2N2. The SMILES string of the molecule is CN1CCCC2(CCCNC2)C1.Cl.Cl. The quantitative estimate of drug-likeness (QED) is 0.697. The molecule has 0 aliphatic carbocycles. The zero-order valence-corrected chi connectivity index (χ0v) is 10.6. The van der Waals surface area contributed by atoms with Crippen molar-refractivity contribution in [1.29, 1.82) is 0 Å². The molecular weight excluding hydrogens is 219 g/mol. The van der Waals surface area contributed by atoms with E-state index in [2.05, 4.69) is 17.3 Å². The first-order chi connectivity index (χ1) is 5.81. The van der Waals surface area contributed by atoms with Gasteiger partial charge in [-0.1, -0.05) is 0 Å². The van der Waals surface area contributed by atoms with Gasteiger partial charge in [-0.3, -0.25) is 0 Å². The molecule has 1 atom stereocenters. The van der Waals surface area contributed by atoms with Gasteiger partial charge in [0.25, 0.3) is 0 Å². The van der Waals surface area contributed by atoms with Crippen LogP contribution in [0.5, 0.6) is 0 Å². The van der Waals surface area contributed by atoms with Crippen molar-refractivity contribution in [2.45, 2.75) is 25.7 Å². The topological polar surface area (TPSA) is 15.3 Å². The number of likely N-dealkylation sites (tertiary alicyclic amines) is 1. The first kappa shape index (κ1) is 14.5. The summed E-state index contributed by atoms with van der Waals surface area (Å²) in [5, 5.41) is 3.54. The van der Waals surface area contributed by atoms with Crippen molar-refractivity contribution in [2.24, 2.45) is 5.41 Å². The predicted molar refractivity (Wildman–Crippen MR) is 65.8 cm³/mol. The number of rotatable bonds is 0. The molecule has 86 valence electrons. The van der Waals surface area contributed by atoms with Crippen LogP contribution < -0.4 is 5.32 Å². The highest BCUT2D eigenvalue weighted by atomic mass is 35.5. The lowest BCUT2D eigenvalue weighted by atomic mass is 9.74.